The van der Waals surface area contributed by atoms with Crippen molar-refractivity contribution in [1.29, 1.82) is 0 Å². The highest BCUT2D eigenvalue weighted by molar-refractivity contribution is 9.10. The number of benzene rings is 1. The van der Waals surface area contributed by atoms with Crippen LogP contribution in [-0.2, 0) is 4.74 Å². The molecule has 0 fully saturated rings. The largest absolute Gasteiger partial charge is 0.494 e. The number of amides is 1. The van der Waals surface area contributed by atoms with Gasteiger partial charge in [0.2, 0.25) is 0 Å². The van der Waals surface area contributed by atoms with Crippen LogP contribution >= 0.6 is 15.9 Å². The molecule has 6 heteroatoms. The normalized spacial score (nSPS) is 11.4. The van der Waals surface area contributed by atoms with Gasteiger partial charge in [-0.15, -0.1) is 0 Å². The van der Waals surface area contributed by atoms with Gasteiger partial charge in [0.05, 0.1) is 7.11 Å². The van der Waals surface area contributed by atoms with Crippen molar-refractivity contribution in [1.82, 2.24) is 4.98 Å². The van der Waals surface area contributed by atoms with E-state index in [0.29, 0.717) is 17.1 Å². The Morgan fingerprint density at radius 1 is 1.23 bits per heavy atom. The molecule has 0 radical (unpaired) electrons. The van der Waals surface area contributed by atoms with Gasteiger partial charge in [0.25, 0.3) is 0 Å². The van der Waals surface area contributed by atoms with E-state index in [1.54, 1.807) is 20.2 Å². The second kappa shape index (κ2) is 6.12. The first-order valence-corrected chi connectivity index (χ1v) is 7.62. The lowest BCUT2D eigenvalue weighted by molar-refractivity contribution is 0.0588. The molecule has 0 atom stereocenters. The Labute approximate surface area is 138 Å². The van der Waals surface area contributed by atoms with Crippen molar-refractivity contribution in [3.63, 3.8) is 0 Å². The van der Waals surface area contributed by atoms with Crippen LogP contribution in [0.15, 0.2) is 28.7 Å². The molecule has 1 aromatic heterocycles. The Morgan fingerprint density at radius 3 is 2.50 bits per heavy atom. The first-order valence-electron chi connectivity index (χ1n) is 6.83. The van der Waals surface area contributed by atoms with Crippen molar-refractivity contribution in [2.75, 3.05) is 19.1 Å². The minimum atomic E-state index is -0.553. The van der Waals surface area contributed by atoms with Crippen LogP contribution in [0.5, 0.6) is 5.75 Å². The number of rotatable bonds is 2. The molecule has 1 aromatic carbocycles. The second-order valence-electron chi connectivity index (χ2n) is 5.85. The fourth-order valence-corrected chi connectivity index (χ4v) is 2.37. The highest BCUT2D eigenvalue weighted by Gasteiger charge is 2.21. The van der Waals surface area contributed by atoms with E-state index >= 15 is 0 Å². The molecule has 0 saturated heterocycles. The van der Waals surface area contributed by atoms with E-state index in [-0.39, 0.29) is 0 Å². The number of aromatic nitrogens is 1. The highest BCUT2D eigenvalue weighted by Crippen LogP contribution is 2.32. The Hall–Kier alpha value is -1.82. The molecule has 118 valence electrons. The minimum absolute atomic E-state index is 0.451. The maximum atomic E-state index is 12.1. The second-order valence-corrected chi connectivity index (χ2v) is 6.71. The predicted octanol–water partition coefficient (Wildman–Crippen LogP) is 4.38. The Balaban J connectivity index is 2.42. The molecule has 2 aromatic rings. The summed E-state index contributed by atoms with van der Waals surface area (Å²) < 4.78 is 11.6. The van der Waals surface area contributed by atoms with E-state index in [9.17, 15) is 4.79 Å². The number of halogens is 1. The molecule has 0 spiro atoms. The predicted molar refractivity (Wildman–Crippen MR) is 90.6 cm³/mol. The molecular formula is C16H19BrN2O3. The summed E-state index contributed by atoms with van der Waals surface area (Å²) in [5.41, 5.74) is 0.132. The lowest BCUT2D eigenvalue weighted by Crippen LogP contribution is -2.34. The van der Waals surface area contributed by atoms with E-state index in [2.05, 4.69) is 20.9 Å². The van der Waals surface area contributed by atoms with Crippen LogP contribution in [0.3, 0.4) is 0 Å². The molecule has 0 aliphatic rings. The number of carbonyl (C=O) groups is 1. The Bertz CT molecular complexity index is 710. The summed E-state index contributed by atoms with van der Waals surface area (Å²) in [4.78, 5) is 18.0. The summed E-state index contributed by atoms with van der Waals surface area (Å²) in [5.74, 6) is 1.15. The van der Waals surface area contributed by atoms with Crippen LogP contribution in [0.1, 0.15) is 20.8 Å². The molecule has 5 nitrogen and oxygen atoms in total. The van der Waals surface area contributed by atoms with Crippen molar-refractivity contribution in [2.24, 2.45) is 0 Å². The van der Waals surface area contributed by atoms with Gasteiger partial charge < -0.3 is 9.47 Å². The van der Waals surface area contributed by atoms with Gasteiger partial charge in [-0.2, -0.15) is 0 Å². The fourth-order valence-electron chi connectivity index (χ4n) is 1.92. The van der Waals surface area contributed by atoms with Crippen LogP contribution < -0.4 is 9.64 Å². The van der Waals surface area contributed by atoms with Crippen molar-refractivity contribution >= 4 is 38.7 Å². The Morgan fingerprint density at radius 2 is 1.91 bits per heavy atom. The first-order chi connectivity index (χ1) is 10.2. The molecule has 0 aliphatic carbocycles. The van der Waals surface area contributed by atoms with Crippen LogP contribution in [0.2, 0.25) is 0 Å². The van der Waals surface area contributed by atoms with E-state index in [1.807, 2.05) is 39.0 Å². The van der Waals surface area contributed by atoms with Gasteiger partial charge in [-0.1, -0.05) is 15.9 Å². The lowest BCUT2D eigenvalue weighted by Gasteiger charge is -2.24. The van der Waals surface area contributed by atoms with Gasteiger partial charge in [-0.05, 0) is 45.0 Å². The quantitative estimate of drug-likeness (QED) is 0.791. The van der Waals surface area contributed by atoms with Gasteiger partial charge in [0, 0.05) is 16.9 Å². The number of nitrogens with zero attached hydrogens (tertiary/aromatic N) is 2. The first kappa shape index (κ1) is 16.5. The number of anilines is 1. The topological polar surface area (TPSA) is 51.7 Å². The SMILES string of the molecule is COc1ccc(Br)c2ccc(N(C)C(=O)OC(C)(C)C)nc12. The lowest BCUT2D eigenvalue weighted by atomic mass is 10.2. The third-order valence-electron chi connectivity index (χ3n) is 2.98. The summed E-state index contributed by atoms with van der Waals surface area (Å²) in [6.45, 7) is 5.48. The standard InChI is InChI=1S/C16H19BrN2O3/c1-16(2,3)22-15(20)19(4)13-9-6-10-11(17)7-8-12(21-5)14(10)18-13/h6-9H,1-5H3. The number of hydrogen-bond donors (Lipinski definition) is 0. The van der Waals surface area contributed by atoms with Crippen molar-refractivity contribution in [3.8, 4) is 5.75 Å². The smallest absolute Gasteiger partial charge is 0.415 e. The zero-order valence-corrected chi connectivity index (χ0v) is 14.9. The van der Waals surface area contributed by atoms with Crippen LogP contribution in [0, 0.1) is 0 Å². The molecule has 0 N–H and O–H groups in total. The summed E-state index contributed by atoms with van der Waals surface area (Å²) in [6, 6.07) is 7.40. The number of fused-ring (bicyclic) bond motifs is 1. The monoisotopic (exact) mass is 366 g/mol. The van der Waals surface area contributed by atoms with E-state index < -0.39 is 11.7 Å². The zero-order chi connectivity index (χ0) is 16.5. The molecule has 0 saturated carbocycles. The zero-order valence-electron chi connectivity index (χ0n) is 13.3. The average molecular weight is 367 g/mol. The number of carbonyl (C=O) groups excluding carboxylic acids is 1. The van der Waals surface area contributed by atoms with E-state index in [1.165, 1.54) is 4.90 Å². The van der Waals surface area contributed by atoms with Crippen LogP contribution in [-0.4, -0.2) is 30.8 Å². The molecule has 22 heavy (non-hydrogen) atoms. The number of hydrogen-bond acceptors (Lipinski definition) is 4. The van der Waals surface area contributed by atoms with Crippen molar-refractivity contribution in [2.45, 2.75) is 26.4 Å². The maximum Gasteiger partial charge on any atom is 0.415 e. The average Bonchev–Trinajstić information content (AvgIpc) is 2.45. The van der Waals surface area contributed by atoms with Gasteiger partial charge >= 0.3 is 6.09 Å². The minimum Gasteiger partial charge on any atom is -0.494 e. The summed E-state index contributed by atoms with van der Waals surface area (Å²) >= 11 is 3.49. The maximum absolute atomic E-state index is 12.1. The molecule has 0 aliphatic heterocycles. The molecule has 2 rings (SSSR count). The van der Waals surface area contributed by atoms with Gasteiger partial charge in [0.15, 0.2) is 0 Å². The third-order valence-corrected chi connectivity index (χ3v) is 3.67. The Kier molecular flexibility index (Phi) is 4.60. The third kappa shape index (κ3) is 3.50. The van der Waals surface area contributed by atoms with Crippen LogP contribution in [0.4, 0.5) is 10.6 Å². The molecule has 0 unspecified atom stereocenters. The van der Waals surface area contributed by atoms with Crippen molar-refractivity contribution < 1.29 is 14.3 Å². The fraction of sp³-hybridized carbons (Fsp3) is 0.375. The molecule has 1 amide bonds. The number of ether oxygens (including phenoxy) is 2. The van der Waals surface area contributed by atoms with E-state index in [4.69, 9.17) is 9.47 Å². The number of pyridine rings is 1. The van der Waals surface area contributed by atoms with E-state index in [0.717, 1.165) is 9.86 Å². The highest BCUT2D eigenvalue weighted by atomic mass is 79.9. The van der Waals surface area contributed by atoms with Gasteiger partial charge in [-0.3, -0.25) is 4.90 Å². The van der Waals surface area contributed by atoms with Crippen LogP contribution in [0.25, 0.3) is 10.9 Å². The molecule has 1 heterocycles. The summed E-state index contributed by atoms with van der Waals surface area (Å²) in [5, 5.41) is 0.917. The van der Waals surface area contributed by atoms with Crippen molar-refractivity contribution in [3.05, 3.63) is 28.7 Å². The van der Waals surface area contributed by atoms with Gasteiger partial charge in [-0.25, -0.2) is 9.78 Å². The molecule has 0 bridgehead atoms. The summed E-state index contributed by atoms with van der Waals surface area (Å²) in [7, 11) is 3.22. The number of methoxy groups -OCH3 is 1. The molecular weight excluding hydrogens is 348 g/mol. The summed E-state index contributed by atoms with van der Waals surface area (Å²) in [6.07, 6.45) is -0.451. The van der Waals surface area contributed by atoms with Gasteiger partial charge in [0.1, 0.15) is 22.7 Å².